The summed E-state index contributed by atoms with van der Waals surface area (Å²) in [5, 5.41) is 21.4. The summed E-state index contributed by atoms with van der Waals surface area (Å²) >= 11 is 0. The van der Waals surface area contributed by atoms with Crippen LogP contribution >= 0.6 is 8.53 Å². The number of aliphatic hydroxyl groups excluding tert-OH is 1. The first kappa shape index (κ1) is 29.0. The van der Waals surface area contributed by atoms with Crippen LogP contribution in [-0.4, -0.2) is 72.4 Å². The molecule has 3 heterocycles. The Labute approximate surface area is 229 Å². The molecule has 39 heavy (non-hydrogen) atoms. The van der Waals surface area contributed by atoms with E-state index in [9.17, 15) is 9.90 Å². The van der Waals surface area contributed by atoms with Gasteiger partial charge in [0, 0.05) is 35.8 Å². The highest BCUT2D eigenvalue weighted by Gasteiger charge is 2.42. The van der Waals surface area contributed by atoms with Gasteiger partial charge in [-0.2, -0.15) is 9.61 Å². The summed E-state index contributed by atoms with van der Waals surface area (Å²) in [6.45, 7) is 10.1. The molecule has 0 saturated carbocycles. The molecular weight excluding hydrogens is 521 g/mol. The van der Waals surface area contributed by atoms with Gasteiger partial charge in [-0.15, -0.1) is 0 Å². The van der Waals surface area contributed by atoms with Gasteiger partial charge in [0.1, 0.15) is 12.4 Å². The highest BCUT2D eigenvalue weighted by molar-refractivity contribution is 7.44. The van der Waals surface area contributed by atoms with Crippen molar-refractivity contribution in [3.8, 4) is 0 Å². The van der Waals surface area contributed by atoms with E-state index in [1.165, 1.54) is 10.8 Å². The van der Waals surface area contributed by atoms with Crippen LogP contribution in [0, 0.1) is 0 Å². The lowest BCUT2D eigenvalue weighted by Gasteiger charge is -2.35. The Bertz CT molecular complexity index is 1250. The van der Waals surface area contributed by atoms with Gasteiger partial charge in [0.05, 0.1) is 25.0 Å². The number of hydrogen-bond donors (Lipinski definition) is 2. The van der Waals surface area contributed by atoms with Crippen molar-refractivity contribution in [2.75, 3.05) is 11.9 Å². The molecule has 0 spiro atoms. The van der Waals surface area contributed by atoms with E-state index in [0.717, 1.165) is 6.42 Å². The van der Waals surface area contributed by atoms with Crippen LogP contribution in [0.5, 0.6) is 0 Å². The first-order valence-corrected chi connectivity index (χ1v) is 14.2. The summed E-state index contributed by atoms with van der Waals surface area (Å²) in [6, 6.07) is 9.16. The first-order chi connectivity index (χ1) is 18.8. The zero-order valence-corrected chi connectivity index (χ0v) is 23.7. The number of benzene rings is 1. The van der Waals surface area contributed by atoms with Crippen LogP contribution in [0.2, 0.25) is 0 Å². The van der Waals surface area contributed by atoms with Crippen LogP contribution in [0.25, 0.3) is 5.65 Å². The Morgan fingerprint density at radius 3 is 2.69 bits per heavy atom. The maximum absolute atomic E-state index is 12.7. The minimum absolute atomic E-state index is 0.152. The van der Waals surface area contributed by atoms with Crippen LogP contribution in [0.4, 0.5) is 5.95 Å². The third-order valence-electron chi connectivity index (χ3n) is 6.17. The number of hydrogen-bond acceptors (Lipinski definition) is 10. The van der Waals surface area contributed by atoms with E-state index in [2.05, 4.69) is 57.9 Å². The van der Waals surface area contributed by atoms with Gasteiger partial charge in [0.15, 0.2) is 5.65 Å². The van der Waals surface area contributed by atoms with Crippen molar-refractivity contribution < 1.29 is 23.8 Å². The van der Waals surface area contributed by atoms with Crippen molar-refractivity contribution in [3.05, 3.63) is 54.0 Å². The normalized spacial score (nSPS) is 20.5. The number of oxime groups is 1. The molecule has 1 aromatic carbocycles. The summed E-state index contributed by atoms with van der Waals surface area (Å²) in [7, 11) is -1.56. The molecule has 4 unspecified atom stereocenters. The second-order valence-corrected chi connectivity index (χ2v) is 11.0. The van der Waals surface area contributed by atoms with Crippen molar-refractivity contribution in [1.82, 2.24) is 24.3 Å². The highest BCUT2D eigenvalue weighted by Crippen LogP contribution is 2.50. The van der Waals surface area contributed by atoms with E-state index in [1.807, 2.05) is 13.0 Å². The minimum Gasteiger partial charge on any atom is -0.394 e. The van der Waals surface area contributed by atoms with Gasteiger partial charge < -0.3 is 19.0 Å². The van der Waals surface area contributed by atoms with E-state index in [4.69, 9.17) is 13.9 Å². The number of aliphatic hydroxyl groups is 1. The summed E-state index contributed by atoms with van der Waals surface area (Å²) in [5.41, 5.74) is 1.70. The highest BCUT2D eigenvalue weighted by atomic mass is 31.2. The van der Waals surface area contributed by atoms with E-state index in [0.29, 0.717) is 23.2 Å². The van der Waals surface area contributed by atoms with Gasteiger partial charge in [-0.25, -0.2) is 14.6 Å². The fraction of sp³-hybridized carbons (Fsp3) is 0.500. The first-order valence-electron chi connectivity index (χ1n) is 13.1. The smallest absolute Gasteiger partial charge is 0.347 e. The molecule has 1 amide bonds. The average molecular weight is 558 g/mol. The topological polar surface area (TPSA) is 136 Å². The molecule has 4 rings (SSSR count). The van der Waals surface area contributed by atoms with Gasteiger partial charge in [-0.1, -0.05) is 30.3 Å². The number of anilines is 1. The minimum atomic E-state index is -1.56. The van der Waals surface area contributed by atoms with Gasteiger partial charge in [-0.05, 0) is 46.2 Å². The van der Waals surface area contributed by atoms with E-state index < -0.39 is 26.8 Å². The Morgan fingerprint density at radius 2 is 2.03 bits per heavy atom. The van der Waals surface area contributed by atoms with Crippen LogP contribution < -0.4 is 5.32 Å². The number of amides is 1. The van der Waals surface area contributed by atoms with Crippen molar-refractivity contribution in [2.24, 2.45) is 5.16 Å². The number of nitrogens with zero attached hydrogens (tertiary/aromatic N) is 6. The molecular formula is C26H36N7O5P. The lowest BCUT2D eigenvalue weighted by Crippen LogP contribution is -2.36. The molecule has 0 bridgehead atoms. The van der Waals surface area contributed by atoms with Gasteiger partial charge in [0.2, 0.25) is 5.95 Å². The zero-order chi connectivity index (χ0) is 27.9. The predicted molar refractivity (Wildman–Crippen MR) is 148 cm³/mol. The molecule has 3 aromatic rings. The lowest BCUT2D eigenvalue weighted by atomic mass is 10.1. The van der Waals surface area contributed by atoms with Gasteiger partial charge in [-0.3, -0.25) is 10.1 Å². The molecule has 210 valence electrons. The van der Waals surface area contributed by atoms with Gasteiger partial charge in [0.25, 0.3) is 5.91 Å². The summed E-state index contributed by atoms with van der Waals surface area (Å²) < 4.78 is 22.1. The Balaban J connectivity index is 1.55. The number of rotatable bonds is 12. The molecule has 0 radical (unpaired) electrons. The van der Waals surface area contributed by atoms with Crippen molar-refractivity contribution in [1.29, 1.82) is 0 Å². The summed E-state index contributed by atoms with van der Waals surface area (Å²) in [6.07, 6.45) is 4.43. The third-order valence-corrected chi connectivity index (χ3v) is 8.15. The summed E-state index contributed by atoms with van der Waals surface area (Å²) in [4.78, 5) is 21.3. The largest absolute Gasteiger partial charge is 0.394 e. The molecule has 0 aliphatic carbocycles. The second-order valence-electron chi connectivity index (χ2n) is 9.66. The van der Waals surface area contributed by atoms with Crippen LogP contribution in [0.1, 0.15) is 69.5 Å². The maximum atomic E-state index is 12.7. The Kier molecular flexibility index (Phi) is 9.93. The van der Waals surface area contributed by atoms with E-state index in [1.54, 1.807) is 36.7 Å². The maximum Gasteiger partial charge on any atom is 0.347 e. The quantitative estimate of drug-likeness (QED) is 0.189. The number of aromatic nitrogens is 4. The van der Waals surface area contributed by atoms with E-state index in [-0.39, 0.29) is 30.5 Å². The molecule has 1 aliphatic rings. The Morgan fingerprint density at radius 1 is 1.28 bits per heavy atom. The number of carbonyl (C=O) groups is 1. The van der Waals surface area contributed by atoms with Crippen LogP contribution in [0.15, 0.2) is 48.0 Å². The second kappa shape index (κ2) is 13.4. The fourth-order valence-electron chi connectivity index (χ4n) is 4.45. The average Bonchev–Trinajstić information content (AvgIpc) is 3.53. The van der Waals surface area contributed by atoms with Crippen LogP contribution in [-0.2, 0) is 13.9 Å². The fourth-order valence-corrected chi connectivity index (χ4v) is 6.04. The third kappa shape index (κ3) is 6.77. The SMILES string of the molecule is CC/C=N/OP(OC1CC(c2cnn3c(NC(=O)c4ccccc4)ncnc23)OC1CO)N(C(C)C)C(C)C. The molecule has 1 fully saturated rings. The number of carbonyl (C=O) groups excluding carboxylic acids is 1. The molecule has 13 heteroatoms. The van der Waals surface area contributed by atoms with Crippen LogP contribution in [0.3, 0.4) is 0 Å². The van der Waals surface area contributed by atoms with Crippen molar-refractivity contribution in [3.63, 3.8) is 0 Å². The van der Waals surface area contributed by atoms with Crippen molar-refractivity contribution >= 4 is 32.2 Å². The zero-order valence-electron chi connectivity index (χ0n) is 22.8. The van der Waals surface area contributed by atoms with Gasteiger partial charge >= 0.3 is 8.53 Å². The standard InChI is InChI=1S/C26H36N7O5P/c1-6-12-30-38-39(33(17(2)3)18(4)5)37-22-13-21(36-23(22)15-34)20-14-29-32-24(20)27-16-28-26(32)31-25(35)19-10-8-7-9-11-19/h7-12,14,16-18,21-23,34H,6,13,15H2,1-5H3,(H,27,28,31,35)/b30-12+. The molecule has 4 atom stereocenters. The summed E-state index contributed by atoms with van der Waals surface area (Å²) in [5.74, 6) is -0.0719. The molecule has 12 nitrogen and oxygen atoms in total. The number of nitrogens with one attached hydrogen (secondary N) is 1. The molecule has 2 N–H and O–H groups in total. The monoisotopic (exact) mass is 557 g/mol. The number of fused-ring (bicyclic) bond motifs is 1. The lowest BCUT2D eigenvalue weighted by molar-refractivity contribution is -0.0197. The number of ether oxygens (including phenoxy) is 1. The predicted octanol–water partition coefficient (Wildman–Crippen LogP) is 4.34. The molecule has 1 aliphatic heterocycles. The molecule has 1 saturated heterocycles. The van der Waals surface area contributed by atoms with E-state index >= 15 is 0 Å². The van der Waals surface area contributed by atoms with Crippen molar-refractivity contribution in [2.45, 2.75) is 77.9 Å². The molecule has 2 aromatic heterocycles. The Hall–Kier alpha value is -3.02.